The highest BCUT2D eigenvalue weighted by Gasteiger charge is 2.37. The number of ether oxygens (including phenoxy) is 1. The van der Waals surface area contributed by atoms with Gasteiger partial charge in [0, 0.05) is 25.1 Å². The van der Waals surface area contributed by atoms with E-state index in [-0.39, 0.29) is 18.9 Å². The van der Waals surface area contributed by atoms with Crippen molar-refractivity contribution in [1.29, 1.82) is 0 Å². The van der Waals surface area contributed by atoms with E-state index in [4.69, 9.17) is 14.6 Å². The van der Waals surface area contributed by atoms with E-state index in [2.05, 4.69) is 15.0 Å². The first-order chi connectivity index (χ1) is 13.5. The number of H-pyrrole nitrogens is 1. The minimum atomic E-state index is -0.709. The minimum Gasteiger partial charge on any atom is -0.483 e. The Morgan fingerprint density at radius 1 is 1.36 bits per heavy atom. The number of carbonyl (C=O) groups excluding carboxylic acids is 2. The Morgan fingerprint density at radius 3 is 2.82 bits per heavy atom. The standard InChI is InChI=1S/C17H17N5O3.CH2O2/c1-21-6-5-10-3-4-11(20-15(10)21)16(23)22-8-13-12(18-9-19-13)7-14(22)17(24)25-2;2-1-3/h3-6,9,14H,7-8H2,1-2H3,(H,18,19);1H,(H,2,3). The van der Waals surface area contributed by atoms with E-state index in [1.165, 1.54) is 12.0 Å². The van der Waals surface area contributed by atoms with Crippen molar-refractivity contribution in [3.8, 4) is 0 Å². The van der Waals surface area contributed by atoms with Crippen LogP contribution in [-0.2, 0) is 34.3 Å². The summed E-state index contributed by atoms with van der Waals surface area (Å²) in [5.41, 5.74) is 2.63. The summed E-state index contributed by atoms with van der Waals surface area (Å²) in [5.74, 6) is -0.763. The predicted molar refractivity (Wildman–Crippen MR) is 97.4 cm³/mol. The molecule has 4 heterocycles. The summed E-state index contributed by atoms with van der Waals surface area (Å²) in [5, 5.41) is 7.85. The Bertz CT molecular complexity index is 1020. The van der Waals surface area contributed by atoms with Crippen LogP contribution in [-0.4, -0.2) is 61.0 Å². The second-order valence-electron chi connectivity index (χ2n) is 6.15. The lowest BCUT2D eigenvalue weighted by Gasteiger charge is -2.32. The van der Waals surface area contributed by atoms with Gasteiger partial charge in [-0.25, -0.2) is 14.8 Å². The van der Waals surface area contributed by atoms with Crippen LogP contribution >= 0.6 is 0 Å². The number of nitrogens with one attached hydrogen (secondary N) is 1. The Hall–Kier alpha value is -3.69. The average Bonchev–Trinajstić information content (AvgIpc) is 3.32. The number of imidazole rings is 1. The molecule has 1 aliphatic rings. The number of esters is 1. The van der Waals surface area contributed by atoms with Gasteiger partial charge in [0.1, 0.15) is 17.4 Å². The third-order valence-corrected chi connectivity index (χ3v) is 4.57. The highest BCUT2D eigenvalue weighted by molar-refractivity contribution is 5.97. The Kier molecular flexibility index (Phi) is 5.39. The van der Waals surface area contributed by atoms with Gasteiger partial charge >= 0.3 is 5.97 Å². The zero-order chi connectivity index (χ0) is 20.3. The molecular weight excluding hydrogens is 366 g/mol. The first kappa shape index (κ1) is 19.1. The highest BCUT2D eigenvalue weighted by Crippen LogP contribution is 2.24. The molecule has 0 saturated carbocycles. The number of carbonyl (C=O) groups is 3. The summed E-state index contributed by atoms with van der Waals surface area (Å²) in [6.45, 7) is 0.0147. The van der Waals surface area contributed by atoms with Crippen molar-refractivity contribution in [3.63, 3.8) is 0 Å². The molecule has 0 bridgehead atoms. The number of aryl methyl sites for hydroxylation is 1. The molecule has 4 rings (SSSR count). The van der Waals surface area contributed by atoms with Crippen LogP contribution in [0.15, 0.2) is 30.7 Å². The van der Waals surface area contributed by atoms with Crippen molar-refractivity contribution in [2.75, 3.05) is 7.11 Å². The minimum absolute atomic E-state index is 0.250. The number of amides is 1. The third kappa shape index (κ3) is 3.43. The highest BCUT2D eigenvalue weighted by atomic mass is 16.5. The largest absolute Gasteiger partial charge is 0.483 e. The lowest BCUT2D eigenvalue weighted by Crippen LogP contribution is -2.49. The first-order valence-electron chi connectivity index (χ1n) is 8.40. The molecule has 1 amide bonds. The van der Waals surface area contributed by atoms with Gasteiger partial charge in [0.05, 0.1) is 31.4 Å². The Morgan fingerprint density at radius 2 is 2.11 bits per heavy atom. The van der Waals surface area contributed by atoms with Gasteiger partial charge in [0.15, 0.2) is 0 Å². The van der Waals surface area contributed by atoms with E-state index in [1.54, 1.807) is 12.4 Å². The van der Waals surface area contributed by atoms with Crippen LogP contribution in [0.2, 0.25) is 0 Å². The molecule has 28 heavy (non-hydrogen) atoms. The average molecular weight is 385 g/mol. The van der Waals surface area contributed by atoms with Gasteiger partial charge in [-0.15, -0.1) is 0 Å². The predicted octanol–water partition coefficient (Wildman–Crippen LogP) is 0.737. The number of aromatic amines is 1. The van der Waals surface area contributed by atoms with Gasteiger partial charge in [0.25, 0.3) is 12.4 Å². The fraction of sp³-hybridized carbons (Fsp3) is 0.278. The van der Waals surface area contributed by atoms with Gasteiger partial charge < -0.3 is 24.3 Å². The fourth-order valence-corrected chi connectivity index (χ4v) is 3.20. The van der Waals surface area contributed by atoms with Crippen LogP contribution in [0.4, 0.5) is 0 Å². The monoisotopic (exact) mass is 385 g/mol. The topological polar surface area (TPSA) is 130 Å². The molecule has 3 aromatic rings. The van der Waals surface area contributed by atoms with Crippen molar-refractivity contribution in [2.45, 2.75) is 19.0 Å². The molecule has 3 aromatic heterocycles. The molecular formula is C18H19N5O5. The molecule has 146 valence electrons. The van der Waals surface area contributed by atoms with Crippen LogP contribution < -0.4 is 0 Å². The van der Waals surface area contributed by atoms with Gasteiger partial charge in [-0.1, -0.05) is 0 Å². The number of hydrogen-bond acceptors (Lipinski definition) is 6. The van der Waals surface area contributed by atoms with Crippen LogP contribution in [0.3, 0.4) is 0 Å². The molecule has 1 aliphatic heterocycles. The number of pyridine rings is 1. The Labute approximate surface area is 159 Å². The summed E-state index contributed by atoms with van der Waals surface area (Å²) >= 11 is 0. The molecule has 1 unspecified atom stereocenters. The summed E-state index contributed by atoms with van der Waals surface area (Å²) in [6.07, 6.45) is 3.78. The lowest BCUT2D eigenvalue weighted by atomic mass is 10.0. The number of carboxylic acid groups (broad SMARTS) is 1. The zero-order valence-electron chi connectivity index (χ0n) is 15.3. The maximum Gasteiger partial charge on any atom is 0.329 e. The summed E-state index contributed by atoms with van der Waals surface area (Å²) in [4.78, 5) is 46.8. The summed E-state index contributed by atoms with van der Waals surface area (Å²) < 4.78 is 6.73. The van der Waals surface area contributed by atoms with Gasteiger partial charge in [-0.3, -0.25) is 9.59 Å². The van der Waals surface area contributed by atoms with E-state index >= 15 is 0 Å². The molecule has 0 saturated heterocycles. The summed E-state index contributed by atoms with van der Waals surface area (Å²) in [7, 11) is 3.19. The van der Waals surface area contributed by atoms with Gasteiger partial charge in [-0.2, -0.15) is 0 Å². The number of nitrogens with zero attached hydrogens (tertiary/aromatic N) is 4. The number of aromatic nitrogens is 4. The number of hydrogen-bond donors (Lipinski definition) is 2. The number of fused-ring (bicyclic) bond motifs is 2. The maximum absolute atomic E-state index is 13.1. The molecule has 10 heteroatoms. The van der Waals surface area contributed by atoms with E-state index in [0.717, 1.165) is 22.4 Å². The first-order valence-corrected chi connectivity index (χ1v) is 8.40. The second-order valence-corrected chi connectivity index (χ2v) is 6.15. The smallest absolute Gasteiger partial charge is 0.329 e. The molecule has 1 atom stereocenters. The molecule has 2 N–H and O–H groups in total. The van der Waals surface area contributed by atoms with Crippen LogP contribution in [0.25, 0.3) is 11.0 Å². The van der Waals surface area contributed by atoms with Crippen molar-refractivity contribution < 1.29 is 24.2 Å². The van der Waals surface area contributed by atoms with Crippen LogP contribution in [0, 0.1) is 0 Å². The van der Waals surface area contributed by atoms with Crippen LogP contribution in [0.5, 0.6) is 0 Å². The SMILES string of the molecule is COC(=O)C1Cc2nc[nH]c2CN1C(=O)c1ccc2ccn(C)c2n1.O=CO. The molecule has 0 spiro atoms. The fourth-order valence-electron chi connectivity index (χ4n) is 3.20. The van der Waals surface area contributed by atoms with Crippen molar-refractivity contribution in [2.24, 2.45) is 7.05 Å². The summed E-state index contributed by atoms with van der Waals surface area (Å²) in [6, 6.07) is 4.76. The normalized spacial score (nSPS) is 15.4. The zero-order valence-corrected chi connectivity index (χ0v) is 15.3. The quantitative estimate of drug-likeness (QED) is 0.491. The molecule has 10 nitrogen and oxygen atoms in total. The van der Waals surface area contributed by atoms with Crippen molar-refractivity contribution >= 4 is 29.4 Å². The van der Waals surface area contributed by atoms with E-state index in [9.17, 15) is 9.59 Å². The van der Waals surface area contributed by atoms with E-state index in [1.807, 2.05) is 29.9 Å². The van der Waals surface area contributed by atoms with Crippen LogP contribution in [0.1, 0.15) is 21.9 Å². The van der Waals surface area contributed by atoms with Gasteiger partial charge in [0.2, 0.25) is 0 Å². The van der Waals surface area contributed by atoms with Gasteiger partial charge in [-0.05, 0) is 18.2 Å². The van der Waals surface area contributed by atoms with E-state index < -0.39 is 12.0 Å². The number of methoxy groups -OCH3 is 1. The molecule has 0 radical (unpaired) electrons. The molecule has 0 fully saturated rings. The third-order valence-electron chi connectivity index (χ3n) is 4.57. The van der Waals surface area contributed by atoms with Crippen molar-refractivity contribution in [1.82, 2.24) is 24.4 Å². The van der Waals surface area contributed by atoms with E-state index in [0.29, 0.717) is 12.1 Å². The maximum atomic E-state index is 13.1. The molecule has 0 aliphatic carbocycles. The van der Waals surface area contributed by atoms with Crippen molar-refractivity contribution in [3.05, 3.63) is 47.8 Å². The number of rotatable bonds is 2. The second kappa shape index (κ2) is 7.91. The lowest BCUT2D eigenvalue weighted by molar-refractivity contribution is -0.146. The molecule has 0 aromatic carbocycles. The Balaban J connectivity index is 0.000000706.